The third-order valence-electron chi connectivity index (χ3n) is 5.19. The highest BCUT2D eigenvalue weighted by Gasteiger charge is 2.26. The number of H-pyrrole nitrogens is 1. The Balaban J connectivity index is 2.06. The first-order valence-electron chi connectivity index (χ1n) is 9.42. The predicted molar refractivity (Wildman–Crippen MR) is 110 cm³/mol. The van der Waals surface area contributed by atoms with E-state index >= 15 is 0 Å². The molecule has 1 heterocycles. The third kappa shape index (κ3) is 3.82. The van der Waals surface area contributed by atoms with E-state index in [4.69, 9.17) is 9.47 Å². The SMILES string of the molecule is CNC(=O)[C@H](C)[NH2+]C[C@@H](c1cccc(OC)c1OC)c1c[nH]c2ccccc12. The second kappa shape index (κ2) is 8.80. The summed E-state index contributed by atoms with van der Waals surface area (Å²) < 4.78 is 11.2. The summed E-state index contributed by atoms with van der Waals surface area (Å²) in [5.41, 5.74) is 3.29. The number of methoxy groups -OCH3 is 2. The van der Waals surface area contributed by atoms with Crippen molar-refractivity contribution in [1.82, 2.24) is 10.3 Å². The molecule has 1 amide bonds. The van der Waals surface area contributed by atoms with Gasteiger partial charge in [-0.05, 0) is 24.6 Å². The number of hydrogen-bond donors (Lipinski definition) is 3. The zero-order valence-electron chi connectivity index (χ0n) is 16.8. The van der Waals surface area contributed by atoms with Crippen LogP contribution >= 0.6 is 0 Å². The molecular formula is C22H28N3O3+. The van der Waals surface area contributed by atoms with Crippen LogP contribution in [0.4, 0.5) is 0 Å². The van der Waals surface area contributed by atoms with Crippen molar-refractivity contribution in [3.05, 3.63) is 59.8 Å². The highest BCUT2D eigenvalue weighted by molar-refractivity contribution is 5.84. The molecule has 0 aliphatic carbocycles. The number of carbonyl (C=O) groups excluding carboxylic acids is 1. The number of nitrogens with two attached hydrogens (primary N) is 1. The van der Waals surface area contributed by atoms with Crippen molar-refractivity contribution in [3.63, 3.8) is 0 Å². The van der Waals surface area contributed by atoms with Crippen LogP contribution in [0.5, 0.6) is 11.5 Å². The minimum Gasteiger partial charge on any atom is -0.493 e. The minimum absolute atomic E-state index is 0.00952. The first kappa shape index (κ1) is 19.8. The standard InChI is InChI=1S/C22H27N3O3/c1-14(22(26)23-2)24-12-18(16-9-7-11-20(27-3)21(16)28-4)17-13-25-19-10-6-5-8-15(17)19/h5-11,13-14,18,24-25H,12H2,1-4H3,(H,23,26)/p+1/t14-,18-/m0/s1. The molecule has 148 valence electrons. The second-order valence-corrected chi connectivity index (χ2v) is 6.80. The Morgan fingerprint density at radius 2 is 1.89 bits per heavy atom. The molecular weight excluding hydrogens is 354 g/mol. The zero-order valence-corrected chi connectivity index (χ0v) is 16.8. The molecule has 3 aromatic rings. The van der Waals surface area contributed by atoms with E-state index in [2.05, 4.69) is 33.8 Å². The highest BCUT2D eigenvalue weighted by Crippen LogP contribution is 2.39. The normalized spacial score (nSPS) is 13.1. The Morgan fingerprint density at radius 3 is 2.61 bits per heavy atom. The third-order valence-corrected chi connectivity index (χ3v) is 5.19. The number of amides is 1. The average Bonchev–Trinajstić information content (AvgIpc) is 3.16. The predicted octanol–water partition coefficient (Wildman–Crippen LogP) is 2.01. The lowest BCUT2D eigenvalue weighted by atomic mass is 9.89. The number of para-hydroxylation sites is 2. The first-order valence-corrected chi connectivity index (χ1v) is 9.42. The largest absolute Gasteiger partial charge is 0.493 e. The Kier molecular flexibility index (Phi) is 6.21. The van der Waals surface area contributed by atoms with Crippen molar-refractivity contribution in [2.24, 2.45) is 0 Å². The van der Waals surface area contributed by atoms with Gasteiger partial charge in [0.2, 0.25) is 0 Å². The van der Waals surface area contributed by atoms with Gasteiger partial charge in [0.25, 0.3) is 5.91 Å². The quantitative estimate of drug-likeness (QED) is 0.558. The van der Waals surface area contributed by atoms with Gasteiger partial charge in [0.1, 0.15) is 0 Å². The van der Waals surface area contributed by atoms with E-state index < -0.39 is 0 Å². The topological polar surface area (TPSA) is 80.0 Å². The number of aromatic nitrogens is 1. The van der Waals surface area contributed by atoms with Crippen molar-refractivity contribution in [2.45, 2.75) is 18.9 Å². The van der Waals surface area contributed by atoms with Gasteiger partial charge in [-0.25, -0.2) is 0 Å². The minimum atomic E-state index is -0.186. The van der Waals surface area contributed by atoms with Crippen LogP contribution < -0.4 is 20.1 Å². The fourth-order valence-corrected chi connectivity index (χ4v) is 3.67. The maximum atomic E-state index is 12.0. The summed E-state index contributed by atoms with van der Waals surface area (Å²) in [5, 5.41) is 5.94. The van der Waals surface area contributed by atoms with Crippen LogP contribution in [0.3, 0.4) is 0 Å². The Morgan fingerprint density at radius 1 is 1.11 bits per heavy atom. The van der Waals surface area contributed by atoms with Gasteiger partial charge in [0.15, 0.2) is 17.5 Å². The summed E-state index contributed by atoms with van der Waals surface area (Å²) >= 11 is 0. The summed E-state index contributed by atoms with van der Waals surface area (Å²) in [6.07, 6.45) is 2.05. The van der Waals surface area contributed by atoms with Crippen LogP contribution in [0.25, 0.3) is 10.9 Å². The Bertz CT molecular complexity index is 951. The fourth-order valence-electron chi connectivity index (χ4n) is 3.67. The molecule has 4 N–H and O–H groups in total. The number of fused-ring (bicyclic) bond motifs is 1. The van der Waals surface area contributed by atoms with Crippen molar-refractivity contribution < 1.29 is 19.6 Å². The summed E-state index contributed by atoms with van der Waals surface area (Å²) in [6, 6.07) is 14.0. The number of aromatic amines is 1. The highest BCUT2D eigenvalue weighted by atomic mass is 16.5. The summed E-state index contributed by atoms with van der Waals surface area (Å²) in [7, 11) is 4.96. The molecule has 2 atom stereocenters. The molecule has 6 nitrogen and oxygen atoms in total. The number of hydrogen-bond acceptors (Lipinski definition) is 3. The monoisotopic (exact) mass is 382 g/mol. The van der Waals surface area contributed by atoms with Gasteiger partial charge in [-0.2, -0.15) is 0 Å². The molecule has 0 saturated heterocycles. The van der Waals surface area contributed by atoms with Gasteiger partial charge in [0.05, 0.1) is 26.7 Å². The number of benzene rings is 2. The van der Waals surface area contributed by atoms with E-state index in [1.165, 1.54) is 10.9 Å². The van der Waals surface area contributed by atoms with Crippen LogP contribution in [-0.2, 0) is 4.79 Å². The van der Waals surface area contributed by atoms with Crippen LogP contribution in [-0.4, -0.2) is 44.7 Å². The van der Waals surface area contributed by atoms with E-state index in [1.54, 1.807) is 21.3 Å². The Labute approximate surface area is 165 Å². The molecule has 0 radical (unpaired) electrons. The lowest BCUT2D eigenvalue weighted by molar-refractivity contribution is -0.674. The average molecular weight is 382 g/mol. The molecule has 0 bridgehead atoms. The number of carbonyl (C=O) groups is 1. The van der Waals surface area contributed by atoms with Crippen molar-refractivity contribution >= 4 is 16.8 Å². The van der Waals surface area contributed by atoms with Crippen molar-refractivity contribution in [3.8, 4) is 11.5 Å². The molecule has 0 unspecified atom stereocenters. The molecule has 6 heteroatoms. The number of ether oxygens (including phenoxy) is 2. The van der Waals surface area contributed by atoms with Gasteiger partial charge < -0.3 is 25.1 Å². The summed E-state index contributed by atoms with van der Waals surface area (Å²) in [4.78, 5) is 15.4. The van der Waals surface area contributed by atoms with E-state index in [9.17, 15) is 4.79 Å². The molecule has 1 aromatic heterocycles. The van der Waals surface area contributed by atoms with Crippen molar-refractivity contribution in [1.29, 1.82) is 0 Å². The van der Waals surface area contributed by atoms with Crippen LogP contribution in [0.1, 0.15) is 24.0 Å². The van der Waals surface area contributed by atoms with Gasteiger partial charge in [-0.3, -0.25) is 4.79 Å². The number of nitrogens with one attached hydrogen (secondary N) is 2. The number of likely N-dealkylation sites (N-methyl/N-ethyl adjacent to an activating group) is 1. The van der Waals surface area contributed by atoms with Crippen LogP contribution in [0.2, 0.25) is 0 Å². The Hall–Kier alpha value is -2.99. The zero-order chi connectivity index (χ0) is 20.1. The lowest BCUT2D eigenvalue weighted by Crippen LogP contribution is -2.92. The molecule has 2 aromatic carbocycles. The molecule has 0 fully saturated rings. The second-order valence-electron chi connectivity index (χ2n) is 6.80. The van der Waals surface area contributed by atoms with E-state index in [-0.39, 0.29) is 17.9 Å². The smallest absolute Gasteiger partial charge is 0.277 e. The molecule has 0 saturated carbocycles. The maximum absolute atomic E-state index is 12.0. The summed E-state index contributed by atoms with van der Waals surface area (Å²) in [6.45, 7) is 2.61. The molecule has 0 aliphatic rings. The number of quaternary nitrogens is 1. The molecule has 3 rings (SSSR count). The fraction of sp³-hybridized carbons (Fsp3) is 0.318. The van der Waals surface area contributed by atoms with E-state index in [0.717, 1.165) is 16.8 Å². The number of rotatable bonds is 8. The van der Waals surface area contributed by atoms with Gasteiger partial charge in [0, 0.05) is 29.7 Å². The first-order chi connectivity index (χ1) is 13.6. The van der Waals surface area contributed by atoms with Crippen LogP contribution in [0, 0.1) is 0 Å². The molecule has 0 spiro atoms. The van der Waals surface area contributed by atoms with Gasteiger partial charge in [-0.1, -0.05) is 30.3 Å². The molecule has 0 aliphatic heterocycles. The van der Waals surface area contributed by atoms with Crippen LogP contribution in [0.15, 0.2) is 48.7 Å². The summed E-state index contributed by atoms with van der Waals surface area (Å²) in [5.74, 6) is 1.45. The van der Waals surface area contributed by atoms with Gasteiger partial charge >= 0.3 is 0 Å². The molecule has 28 heavy (non-hydrogen) atoms. The van der Waals surface area contributed by atoms with E-state index in [1.807, 2.05) is 37.4 Å². The van der Waals surface area contributed by atoms with Crippen molar-refractivity contribution in [2.75, 3.05) is 27.8 Å². The lowest BCUT2D eigenvalue weighted by Gasteiger charge is -2.21. The maximum Gasteiger partial charge on any atom is 0.277 e. The van der Waals surface area contributed by atoms with Gasteiger partial charge in [-0.15, -0.1) is 0 Å². The van der Waals surface area contributed by atoms with E-state index in [0.29, 0.717) is 12.3 Å².